The van der Waals surface area contributed by atoms with Gasteiger partial charge in [0, 0.05) is 32.9 Å². The van der Waals surface area contributed by atoms with Crippen molar-refractivity contribution in [2.24, 2.45) is 0 Å². The molecule has 0 aliphatic rings. The van der Waals surface area contributed by atoms with Gasteiger partial charge in [0.25, 0.3) is 5.91 Å². The van der Waals surface area contributed by atoms with Crippen LogP contribution in [0.4, 0.5) is 18.9 Å². The zero-order valence-corrected chi connectivity index (χ0v) is 20.1. The normalized spacial score (nSPS) is 11.6. The molecule has 0 fully saturated rings. The highest BCUT2D eigenvalue weighted by Gasteiger charge is 2.33. The number of aromatic nitrogens is 2. The lowest BCUT2D eigenvalue weighted by atomic mass is 10.1. The summed E-state index contributed by atoms with van der Waals surface area (Å²) in [4.78, 5) is 24.1. The number of esters is 1. The molecule has 1 heterocycles. The maximum absolute atomic E-state index is 13.0. The van der Waals surface area contributed by atoms with Crippen molar-refractivity contribution < 1.29 is 27.5 Å². The minimum absolute atomic E-state index is 0.322. The molecule has 184 valence electrons. The number of para-hydroxylation sites is 1. The van der Waals surface area contributed by atoms with E-state index >= 15 is 0 Å². The lowest BCUT2D eigenvalue weighted by molar-refractivity contribution is -0.142. The van der Waals surface area contributed by atoms with Gasteiger partial charge in [0.05, 0.1) is 23.5 Å². The molecule has 0 spiro atoms. The zero-order valence-electron chi connectivity index (χ0n) is 18.6. The van der Waals surface area contributed by atoms with E-state index in [0.29, 0.717) is 33.4 Å². The molecule has 0 saturated heterocycles. The maximum atomic E-state index is 13.0. The molecule has 0 radical (unpaired) electrons. The Morgan fingerprint density at radius 2 is 1.74 bits per heavy atom. The van der Waals surface area contributed by atoms with Crippen molar-refractivity contribution >= 4 is 46.8 Å². The predicted molar refractivity (Wildman–Crippen MR) is 127 cm³/mol. The topological polar surface area (TPSA) is 73.2 Å². The second-order valence-electron chi connectivity index (χ2n) is 7.47. The van der Waals surface area contributed by atoms with E-state index in [1.807, 2.05) is 0 Å². The van der Waals surface area contributed by atoms with Crippen LogP contribution in [0.15, 0.2) is 48.5 Å². The predicted octanol–water partition coefficient (Wildman–Crippen LogP) is 6.07. The maximum Gasteiger partial charge on any atom is 0.418 e. The summed E-state index contributed by atoms with van der Waals surface area (Å²) in [6.45, 7) is 3.14. The van der Waals surface area contributed by atoms with Crippen LogP contribution < -0.4 is 5.32 Å². The van der Waals surface area contributed by atoms with Gasteiger partial charge in [0.15, 0.2) is 6.61 Å². The van der Waals surface area contributed by atoms with E-state index < -0.39 is 35.9 Å². The number of carbonyl (C=O) groups excluding carboxylic acids is 2. The molecular weight excluding hydrogens is 506 g/mol. The molecule has 2 aromatic carbocycles. The largest absolute Gasteiger partial charge is 0.452 e. The molecule has 0 aliphatic carbocycles. The molecule has 0 atom stereocenters. The third-order valence-electron chi connectivity index (χ3n) is 5.05. The fraction of sp³-hybridized carbons (Fsp3) is 0.208. The van der Waals surface area contributed by atoms with Gasteiger partial charge in [-0.3, -0.25) is 9.48 Å². The van der Waals surface area contributed by atoms with Crippen molar-refractivity contribution in [3.05, 3.63) is 86.7 Å². The summed E-state index contributed by atoms with van der Waals surface area (Å²) in [5.41, 5.74) is 1.32. The second-order valence-corrected chi connectivity index (χ2v) is 8.29. The van der Waals surface area contributed by atoms with Gasteiger partial charge in [-0.2, -0.15) is 18.3 Å². The second kappa shape index (κ2) is 11.0. The number of anilines is 1. The summed E-state index contributed by atoms with van der Waals surface area (Å²) in [6.07, 6.45) is -2.04. The summed E-state index contributed by atoms with van der Waals surface area (Å²) in [5.74, 6) is -1.75. The number of alkyl halides is 3. The molecule has 6 nitrogen and oxygen atoms in total. The Balaban J connectivity index is 1.62. The van der Waals surface area contributed by atoms with Crippen LogP contribution in [0.3, 0.4) is 0 Å². The SMILES string of the molecule is Cc1nn(Cc2c(Cl)cccc2Cl)c(C)c1/C=C/C(=O)OCC(=O)Nc1ccccc1C(F)(F)F. The van der Waals surface area contributed by atoms with Crippen LogP contribution in [0.2, 0.25) is 10.0 Å². The number of nitrogens with zero attached hydrogens (tertiary/aromatic N) is 2. The number of halogens is 5. The molecule has 1 amide bonds. The molecule has 35 heavy (non-hydrogen) atoms. The molecule has 0 unspecified atom stereocenters. The summed E-state index contributed by atoms with van der Waals surface area (Å²) in [5, 5.41) is 7.56. The van der Waals surface area contributed by atoms with Crippen LogP contribution in [0.25, 0.3) is 6.08 Å². The molecule has 1 aromatic heterocycles. The fourth-order valence-electron chi connectivity index (χ4n) is 3.30. The highest BCUT2D eigenvalue weighted by Crippen LogP contribution is 2.34. The summed E-state index contributed by atoms with van der Waals surface area (Å²) >= 11 is 12.5. The van der Waals surface area contributed by atoms with E-state index in [9.17, 15) is 22.8 Å². The van der Waals surface area contributed by atoms with E-state index in [4.69, 9.17) is 27.9 Å². The van der Waals surface area contributed by atoms with Crippen molar-refractivity contribution in [2.45, 2.75) is 26.6 Å². The number of rotatable bonds is 7. The first-order chi connectivity index (χ1) is 16.5. The molecule has 1 N–H and O–H groups in total. The number of amides is 1. The van der Waals surface area contributed by atoms with Crippen LogP contribution in [0.1, 0.15) is 28.1 Å². The van der Waals surface area contributed by atoms with Crippen LogP contribution in [-0.2, 0) is 27.0 Å². The van der Waals surface area contributed by atoms with Gasteiger partial charge in [-0.15, -0.1) is 0 Å². The van der Waals surface area contributed by atoms with E-state index in [1.165, 1.54) is 18.2 Å². The van der Waals surface area contributed by atoms with E-state index in [2.05, 4.69) is 10.4 Å². The lowest BCUT2D eigenvalue weighted by Crippen LogP contribution is -2.22. The van der Waals surface area contributed by atoms with E-state index in [-0.39, 0.29) is 0 Å². The van der Waals surface area contributed by atoms with Gasteiger partial charge in [0.1, 0.15) is 0 Å². The Labute approximate surface area is 209 Å². The molecule has 0 saturated carbocycles. The van der Waals surface area contributed by atoms with E-state index in [0.717, 1.165) is 23.9 Å². The Bertz CT molecular complexity index is 1270. The summed E-state index contributed by atoms with van der Waals surface area (Å²) in [6, 6.07) is 9.70. The van der Waals surface area contributed by atoms with Crippen LogP contribution in [-0.4, -0.2) is 28.3 Å². The van der Waals surface area contributed by atoms with Gasteiger partial charge in [-0.1, -0.05) is 41.4 Å². The van der Waals surface area contributed by atoms with Crippen molar-refractivity contribution in [1.82, 2.24) is 9.78 Å². The van der Waals surface area contributed by atoms with E-state index in [1.54, 1.807) is 36.7 Å². The van der Waals surface area contributed by atoms with Crippen molar-refractivity contribution in [3.8, 4) is 0 Å². The molecule has 11 heteroatoms. The Kier molecular flexibility index (Phi) is 8.24. The van der Waals surface area contributed by atoms with Crippen LogP contribution >= 0.6 is 23.2 Å². The zero-order chi connectivity index (χ0) is 25.8. The number of hydrogen-bond acceptors (Lipinski definition) is 4. The molecule has 0 aliphatic heterocycles. The molecular formula is C24H20Cl2F3N3O3. The number of aryl methyl sites for hydroxylation is 1. The minimum Gasteiger partial charge on any atom is -0.452 e. The average molecular weight is 526 g/mol. The fourth-order valence-corrected chi connectivity index (χ4v) is 3.82. The lowest BCUT2D eigenvalue weighted by Gasteiger charge is -2.13. The molecule has 0 bridgehead atoms. The van der Waals surface area contributed by atoms with Gasteiger partial charge in [-0.05, 0) is 44.2 Å². The summed E-state index contributed by atoms with van der Waals surface area (Å²) in [7, 11) is 0. The van der Waals surface area contributed by atoms with Crippen LogP contribution in [0, 0.1) is 13.8 Å². The third-order valence-corrected chi connectivity index (χ3v) is 5.75. The van der Waals surface area contributed by atoms with Crippen molar-refractivity contribution in [2.75, 3.05) is 11.9 Å². The Morgan fingerprint density at radius 1 is 1.09 bits per heavy atom. The first-order valence-corrected chi connectivity index (χ1v) is 11.0. The number of nitrogens with one attached hydrogen (secondary N) is 1. The number of hydrogen-bond donors (Lipinski definition) is 1. The van der Waals surface area contributed by atoms with Gasteiger partial charge in [0.2, 0.25) is 0 Å². The molecule has 3 aromatic rings. The van der Waals surface area contributed by atoms with Gasteiger partial charge < -0.3 is 10.1 Å². The highest BCUT2D eigenvalue weighted by molar-refractivity contribution is 6.36. The third kappa shape index (κ3) is 6.64. The number of carbonyl (C=O) groups is 2. The van der Waals surface area contributed by atoms with Crippen LogP contribution in [0.5, 0.6) is 0 Å². The average Bonchev–Trinajstić information content (AvgIpc) is 3.05. The van der Waals surface area contributed by atoms with Crippen molar-refractivity contribution in [3.63, 3.8) is 0 Å². The quantitative estimate of drug-likeness (QED) is 0.300. The number of ether oxygens (including phenoxy) is 1. The monoisotopic (exact) mass is 525 g/mol. The Morgan fingerprint density at radius 3 is 2.40 bits per heavy atom. The first kappa shape index (κ1) is 26.3. The Hall–Kier alpha value is -3.30. The number of benzene rings is 2. The van der Waals surface area contributed by atoms with Gasteiger partial charge >= 0.3 is 12.1 Å². The summed E-state index contributed by atoms with van der Waals surface area (Å²) < 4.78 is 45.7. The minimum atomic E-state index is -4.64. The standard InChI is InChI=1S/C24H20Cl2F3N3O3/c1-14-16(15(2)32(31-14)12-17-19(25)7-5-8-20(17)26)10-11-23(34)35-13-22(33)30-21-9-4-3-6-18(21)24(27,28)29/h3-11H,12-13H2,1-2H3,(H,30,33)/b11-10+. The molecule has 3 rings (SSSR count). The van der Waals surface area contributed by atoms with Crippen molar-refractivity contribution in [1.29, 1.82) is 0 Å². The smallest absolute Gasteiger partial charge is 0.418 e. The first-order valence-electron chi connectivity index (χ1n) is 10.2. The van der Waals surface area contributed by atoms with Gasteiger partial charge in [-0.25, -0.2) is 4.79 Å². The highest BCUT2D eigenvalue weighted by atomic mass is 35.5.